The number of carbonyl (C=O) groups excluding carboxylic acids is 3. The predicted molar refractivity (Wildman–Crippen MR) is 127 cm³/mol. The lowest BCUT2D eigenvalue weighted by Gasteiger charge is -2.28. The summed E-state index contributed by atoms with van der Waals surface area (Å²) in [6.45, 7) is 1.83. The fraction of sp³-hybridized carbons (Fsp3) is 0.348. The number of anilines is 2. The van der Waals surface area contributed by atoms with E-state index in [4.69, 9.17) is 11.6 Å². The summed E-state index contributed by atoms with van der Waals surface area (Å²) in [5.41, 5.74) is 2.20. The topological polar surface area (TPSA) is 66.5 Å². The maximum Gasteiger partial charge on any atom is 0.255 e. The third kappa shape index (κ3) is 3.19. The molecule has 0 spiro atoms. The monoisotopic (exact) mass is 564 g/mol. The molecule has 5 nitrogen and oxygen atoms in total. The first-order valence-corrected chi connectivity index (χ1v) is 12.3. The van der Waals surface area contributed by atoms with Crippen molar-refractivity contribution in [3.05, 3.63) is 58.6 Å². The summed E-state index contributed by atoms with van der Waals surface area (Å²) in [5.74, 6) is -0.919. The highest BCUT2D eigenvalue weighted by molar-refractivity contribution is 9.12. The van der Waals surface area contributed by atoms with Crippen LogP contribution in [0.15, 0.2) is 42.5 Å². The summed E-state index contributed by atoms with van der Waals surface area (Å²) in [5, 5.41) is 3.42. The van der Waals surface area contributed by atoms with Gasteiger partial charge < -0.3 is 5.32 Å². The van der Waals surface area contributed by atoms with Gasteiger partial charge in [-0.2, -0.15) is 0 Å². The molecule has 3 fully saturated rings. The van der Waals surface area contributed by atoms with Gasteiger partial charge >= 0.3 is 0 Å². The van der Waals surface area contributed by atoms with E-state index in [2.05, 4.69) is 37.2 Å². The van der Waals surface area contributed by atoms with Gasteiger partial charge in [0.15, 0.2) is 0 Å². The zero-order chi connectivity index (χ0) is 22.0. The molecule has 160 valence electrons. The number of halogens is 3. The van der Waals surface area contributed by atoms with Crippen molar-refractivity contribution in [2.75, 3.05) is 10.2 Å². The number of imide groups is 1. The van der Waals surface area contributed by atoms with Crippen molar-refractivity contribution >= 4 is 72.6 Å². The molecular weight excluding hydrogens is 548 g/mol. The molecule has 8 heteroatoms. The first-order chi connectivity index (χ1) is 14.8. The van der Waals surface area contributed by atoms with Crippen LogP contribution in [0.3, 0.4) is 0 Å². The SMILES string of the molecule is Cc1c(Cl)cccc1NC(=O)c1cccc(N2C(=O)[C@@H]3[C@H]4C[C@@H]([C@H](Br)[C@H]4Br)[C@H]3C2=O)c1. The van der Waals surface area contributed by atoms with E-state index in [-0.39, 0.29) is 51.0 Å². The number of hydrogen-bond donors (Lipinski definition) is 1. The van der Waals surface area contributed by atoms with E-state index in [0.717, 1.165) is 12.0 Å². The first-order valence-electron chi connectivity index (χ1n) is 10.1. The number of rotatable bonds is 3. The Morgan fingerprint density at radius 3 is 2.29 bits per heavy atom. The number of fused-ring (bicyclic) bond motifs is 5. The van der Waals surface area contributed by atoms with Crippen molar-refractivity contribution in [2.45, 2.75) is 23.0 Å². The van der Waals surface area contributed by atoms with Gasteiger partial charge in [-0.15, -0.1) is 0 Å². The highest BCUT2D eigenvalue weighted by Gasteiger charge is 2.66. The van der Waals surface area contributed by atoms with Crippen LogP contribution in [0.4, 0.5) is 11.4 Å². The summed E-state index contributed by atoms with van der Waals surface area (Å²) in [6.07, 6.45) is 0.883. The van der Waals surface area contributed by atoms with E-state index in [1.807, 2.05) is 6.92 Å². The second-order valence-electron chi connectivity index (χ2n) is 8.43. The minimum atomic E-state index is -0.326. The lowest BCUT2D eigenvalue weighted by molar-refractivity contribution is -0.123. The Bertz CT molecular complexity index is 1090. The molecule has 0 radical (unpaired) electrons. The molecule has 2 bridgehead atoms. The van der Waals surface area contributed by atoms with Crippen LogP contribution in [-0.2, 0) is 9.59 Å². The summed E-state index contributed by atoms with van der Waals surface area (Å²) in [7, 11) is 0. The Hall–Kier alpha value is -1.70. The van der Waals surface area contributed by atoms with Gasteiger partial charge in [-0.25, -0.2) is 0 Å². The number of benzene rings is 2. The normalized spacial score (nSPS) is 31.3. The number of hydrogen-bond acceptors (Lipinski definition) is 3. The van der Waals surface area contributed by atoms with Gasteiger partial charge in [-0.3, -0.25) is 19.3 Å². The van der Waals surface area contributed by atoms with Gasteiger partial charge in [0.25, 0.3) is 5.91 Å². The molecule has 2 aliphatic carbocycles. The van der Waals surface area contributed by atoms with Crippen LogP contribution in [0.25, 0.3) is 0 Å². The summed E-state index contributed by atoms with van der Waals surface area (Å²) in [6, 6.07) is 12.0. The predicted octanol–water partition coefficient (Wildman–Crippen LogP) is 5.18. The highest BCUT2D eigenvalue weighted by Crippen LogP contribution is 2.60. The van der Waals surface area contributed by atoms with Crippen molar-refractivity contribution in [3.63, 3.8) is 0 Å². The standard InChI is InChI=1S/C23H19Br2ClN2O3/c1-10-15(26)6-3-7-16(10)27-21(29)11-4-2-5-12(8-11)28-22(30)17-13-9-14(18(17)23(28)31)20(25)19(13)24/h2-8,13-14,17-20H,9H2,1H3,(H,27,29)/t13-,14-,17-,18-,19+,20+/m1/s1. The molecule has 5 rings (SSSR count). The van der Waals surface area contributed by atoms with Crippen LogP contribution in [0.1, 0.15) is 22.3 Å². The molecule has 1 heterocycles. The van der Waals surface area contributed by atoms with Crippen LogP contribution < -0.4 is 10.2 Å². The molecule has 2 saturated carbocycles. The number of nitrogens with zero attached hydrogens (tertiary/aromatic N) is 1. The number of carbonyl (C=O) groups is 3. The molecule has 3 amide bonds. The average molecular weight is 567 g/mol. The molecule has 0 unspecified atom stereocenters. The fourth-order valence-corrected chi connectivity index (χ4v) is 7.37. The smallest absolute Gasteiger partial charge is 0.255 e. The van der Waals surface area contributed by atoms with Gasteiger partial charge in [0.05, 0.1) is 17.5 Å². The third-order valence-corrected chi connectivity index (χ3v) is 10.5. The van der Waals surface area contributed by atoms with Crippen LogP contribution in [0.5, 0.6) is 0 Å². The van der Waals surface area contributed by atoms with Crippen molar-refractivity contribution in [2.24, 2.45) is 23.7 Å². The lowest BCUT2D eigenvalue weighted by Crippen LogP contribution is -2.37. The van der Waals surface area contributed by atoms with Gasteiger partial charge in [0.2, 0.25) is 11.8 Å². The van der Waals surface area contributed by atoms with Crippen molar-refractivity contribution < 1.29 is 14.4 Å². The molecule has 1 N–H and O–H groups in total. The Labute approximate surface area is 201 Å². The molecule has 3 aliphatic rings. The molecule has 31 heavy (non-hydrogen) atoms. The largest absolute Gasteiger partial charge is 0.322 e. The van der Waals surface area contributed by atoms with Gasteiger partial charge in [0, 0.05) is 25.9 Å². The third-order valence-electron chi connectivity index (χ3n) is 6.87. The fourth-order valence-electron chi connectivity index (χ4n) is 5.33. The highest BCUT2D eigenvalue weighted by atomic mass is 79.9. The van der Waals surface area contributed by atoms with E-state index in [9.17, 15) is 14.4 Å². The van der Waals surface area contributed by atoms with E-state index >= 15 is 0 Å². The van der Waals surface area contributed by atoms with Gasteiger partial charge in [0.1, 0.15) is 0 Å². The van der Waals surface area contributed by atoms with E-state index in [1.165, 1.54) is 4.90 Å². The minimum absolute atomic E-state index is 0.151. The zero-order valence-corrected chi connectivity index (χ0v) is 20.4. The van der Waals surface area contributed by atoms with Crippen LogP contribution in [0.2, 0.25) is 5.02 Å². The Morgan fingerprint density at radius 1 is 1.03 bits per heavy atom. The number of amides is 3. The summed E-state index contributed by atoms with van der Waals surface area (Å²) in [4.78, 5) is 41.0. The zero-order valence-electron chi connectivity index (χ0n) is 16.5. The van der Waals surface area contributed by atoms with Crippen molar-refractivity contribution in [3.8, 4) is 0 Å². The average Bonchev–Trinajstić information content (AvgIpc) is 3.36. The minimum Gasteiger partial charge on any atom is -0.322 e. The molecule has 0 aromatic heterocycles. The Balaban J connectivity index is 1.42. The van der Waals surface area contributed by atoms with Crippen LogP contribution in [0, 0.1) is 30.6 Å². The summed E-state index contributed by atoms with van der Waals surface area (Å²) >= 11 is 13.5. The van der Waals surface area contributed by atoms with Crippen LogP contribution in [-0.4, -0.2) is 27.4 Å². The van der Waals surface area contributed by atoms with Gasteiger partial charge in [-0.05, 0) is 61.1 Å². The number of nitrogens with one attached hydrogen (secondary N) is 1. The Morgan fingerprint density at radius 2 is 1.65 bits per heavy atom. The maximum absolute atomic E-state index is 13.2. The first kappa shape index (κ1) is 21.2. The van der Waals surface area contributed by atoms with Gasteiger partial charge in [-0.1, -0.05) is 55.6 Å². The van der Waals surface area contributed by atoms with Crippen LogP contribution >= 0.6 is 43.5 Å². The van der Waals surface area contributed by atoms with Crippen molar-refractivity contribution in [1.29, 1.82) is 0 Å². The molecular formula is C23H19Br2ClN2O3. The molecule has 1 saturated heterocycles. The second kappa shape index (κ2) is 7.71. The molecule has 1 aliphatic heterocycles. The summed E-state index contributed by atoms with van der Waals surface area (Å²) < 4.78 is 0. The molecule has 2 aromatic rings. The lowest BCUT2D eigenvalue weighted by atomic mass is 9.81. The molecule has 2 aromatic carbocycles. The van der Waals surface area contributed by atoms with E-state index in [1.54, 1.807) is 42.5 Å². The Kier molecular flexibility index (Phi) is 5.26. The second-order valence-corrected chi connectivity index (χ2v) is 11.0. The van der Waals surface area contributed by atoms with E-state index in [0.29, 0.717) is 22.0 Å². The number of alkyl halides is 2. The quantitative estimate of drug-likeness (QED) is 0.411. The van der Waals surface area contributed by atoms with Crippen molar-refractivity contribution in [1.82, 2.24) is 0 Å². The maximum atomic E-state index is 13.2. The molecule has 6 atom stereocenters. The van der Waals surface area contributed by atoms with E-state index < -0.39 is 0 Å².